The number of hydrogen-bond acceptors (Lipinski definition) is 3. The molecule has 1 aromatic heterocycles. The molecule has 82 valence electrons. The van der Waals surface area contributed by atoms with Crippen molar-refractivity contribution in [2.24, 2.45) is 0 Å². The summed E-state index contributed by atoms with van der Waals surface area (Å²) in [5.41, 5.74) is 0.930. The maximum atomic E-state index is 11.3. The van der Waals surface area contributed by atoms with Gasteiger partial charge in [0.1, 0.15) is 0 Å². The summed E-state index contributed by atoms with van der Waals surface area (Å²) in [6.45, 7) is 4.15. The summed E-state index contributed by atoms with van der Waals surface area (Å²) >= 11 is 5.97. The Bertz CT molecular complexity index is 341. The van der Waals surface area contributed by atoms with E-state index in [2.05, 4.69) is 4.98 Å². The molecule has 0 bridgehead atoms. The number of rotatable bonds is 4. The van der Waals surface area contributed by atoms with E-state index in [4.69, 9.17) is 16.3 Å². The van der Waals surface area contributed by atoms with E-state index in [9.17, 15) is 4.79 Å². The monoisotopic (exact) mass is 227 g/mol. The summed E-state index contributed by atoms with van der Waals surface area (Å²) in [5.74, 6) is -0.141. The minimum Gasteiger partial charge on any atom is -0.466 e. The van der Waals surface area contributed by atoms with Crippen molar-refractivity contribution < 1.29 is 9.53 Å². The van der Waals surface area contributed by atoms with Gasteiger partial charge >= 0.3 is 5.97 Å². The van der Waals surface area contributed by atoms with Crippen LogP contribution in [0.1, 0.15) is 31.7 Å². The molecule has 0 amide bonds. The predicted molar refractivity (Wildman–Crippen MR) is 58.9 cm³/mol. The van der Waals surface area contributed by atoms with Crippen LogP contribution in [0.25, 0.3) is 0 Å². The molecule has 4 heteroatoms. The van der Waals surface area contributed by atoms with Gasteiger partial charge in [0.05, 0.1) is 18.1 Å². The lowest BCUT2D eigenvalue weighted by molar-refractivity contribution is -0.143. The number of hydrogen-bond donors (Lipinski definition) is 0. The second-order valence-corrected chi connectivity index (χ2v) is 3.71. The molecule has 1 unspecified atom stereocenters. The lowest BCUT2D eigenvalue weighted by atomic mass is 9.99. The first-order valence-corrected chi connectivity index (χ1v) is 5.28. The van der Waals surface area contributed by atoms with E-state index >= 15 is 0 Å². The van der Waals surface area contributed by atoms with E-state index in [0.717, 1.165) is 5.56 Å². The molecule has 0 aromatic carbocycles. The van der Waals surface area contributed by atoms with Crippen LogP contribution < -0.4 is 0 Å². The Morgan fingerprint density at radius 2 is 2.40 bits per heavy atom. The molecule has 3 nitrogen and oxygen atoms in total. The Kier molecular flexibility index (Phi) is 4.56. The lowest BCUT2D eigenvalue weighted by Crippen LogP contribution is -2.08. The van der Waals surface area contributed by atoms with Crippen molar-refractivity contribution in [1.82, 2.24) is 4.98 Å². The average molecular weight is 228 g/mol. The van der Waals surface area contributed by atoms with Gasteiger partial charge in [-0.15, -0.1) is 0 Å². The Hall–Kier alpha value is -1.09. The zero-order valence-corrected chi connectivity index (χ0v) is 9.62. The smallest absolute Gasteiger partial charge is 0.306 e. The van der Waals surface area contributed by atoms with E-state index in [0.29, 0.717) is 18.1 Å². The van der Waals surface area contributed by atoms with Crippen molar-refractivity contribution in [3.63, 3.8) is 0 Å². The van der Waals surface area contributed by atoms with Crippen LogP contribution in [0, 0.1) is 0 Å². The van der Waals surface area contributed by atoms with Crippen molar-refractivity contribution in [2.45, 2.75) is 26.2 Å². The summed E-state index contributed by atoms with van der Waals surface area (Å²) in [6.07, 6.45) is 3.60. The maximum absolute atomic E-state index is 11.3. The molecule has 0 spiro atoms. The second kappa shape index (κ2) is 5.71. The maximum Gasteiger partial charge on any atom is 0.306 e. The third kappa shape index (κ3) is 3.51. The van der Waals surface area contributed by atoms with Gasteiger partial charge in [0.2, 0.25) is 0 Å². The number of esters is 1. The Morgan fingerprint density at radius 1 is 1.67 bits per heavy atom. The molecule has 0 aliphatic heterocycles. The Balaban J connectivity index is 2.65. The summed E-state index contributed by atoms with van der Waals surface area (Å²) in [6, 6.07) is 1.83. The van der Waals surface area contributed by atoms with Crippen LogP contribution in [-0.4, -0.2) is 17.6 Å². The van der Waals surface area contributed by atoms with Gasteiger partial charge < -0.3 is 4.74 Å². The standard InChI is InChI=1S/C11H14ClNO2/c1-3-15-11(14)6-8(2)9-4-5-13-7-10(9)12/h4-5,7-8H,3,6H2,1-2H3. The first-order chi connectivity index (χ1) is 7.15. The summed E-state index contributed by atoms with van der Waals surface area (Å²) in [5, 5.41) is 0.592. The number of aromatic nitrogens is 1. The molecule has 0 aliphatic rings. The topological polar surface area (TPSA) is 39.2 Å². The molecule has 0 N–H and O–H groups in total. The molecule has 1 atom stereocenters. The van der Waals surface area contributed by atoms with Crippen LogP contribution in [0.4, 0.5) is 0 Å². The number of ether oxygens (including phenoxy) is 1. The van der Waals surface area contributed by atoms with E-state index in [1.165, 1.54) is 0 Å². The SMILES string of the molecule is CCOC(=O)CC(C)c1ccncc1Cl. The highest BCUT2D eigenvalue weighted by atomic mass is 35.5. The highest BCUT2D eigenvalue weighted by Gasteiger charge is 2.14. The predicted octanol–water partition coefficient (Wildman–Crippen LogP) is 2.79. The minimum atomic E-state index is -0.196. The van der Waals surface area contributed by atoms with Crippen LogP contribution in [0.15, 0.2) is 18.5 Å². The number of nitrogens with zero attached hydrogens (tertiary/aromatic N) is 1. The molecular formula is C11H14ClNO2. The van der Waals surface area contributed by atoms with Crippen LogP contribution in [-0.2, 0) is 9.53 Å². The van der Waals surface area contributed by atoms with Gasteiger partial charge in [-0.05, 0) is 24.5 Å². The third-order valence-electron chi connectivity index (χ3n) is 2.11. The first-order valence-electron chi connectivity index (χ1n) is 4.90. The Labute approximate surface area is 94.4 Å². The molecule has 0 fully saturated rings. The normalized spacial score (nSPS) is 12.2. The first kappa shape index (κ1) is 12.0. The van der Waals surface area contributed by atoms with Gasteiger partial charge in [0.25, 0.3) is 0 Å². The molecule has 1 rings (SSSR count). The lowest BCUT2D eigenvalue weighted by Gasteiger charge is -2.11. The third-order valence-corrected chi connectivity index (χ3v) is 2.43. The van der Waals surface area contributed by atoms with Gasteiger partial charge in [-0.3, -0.25) is 9.78 Å². The van der Waals surface area contributed by atoms with Crippen LogP contribution >= 0.6 is 11.6 Å². The summed E-state index contributed by atoms with van der Waals surface area (Å²) in [4.78, 5) is 15.2. The van der Waals surface area contributed by atoms with Crippen LogP contribution in [0.5, 0.6) is 0 Å². The fourth-order valence-corrected chi connectivity index (χ4v) is 1.67. The van der Waals surface area contributed by atoms with Crippen LogP contribution in [0.2, 0.25) is 5.02 Å². The van der Waals surface area contributed by atoms with Gasteiger partial charge in [0, 0.05) is 12.4 Å². The van der Waals surface area contributed by atoms with E-state index in [-0.39, 0.29) is 11.9 Å². The van der Waals surface area contributed by atoms with Crippen molar-refractivity contribution in [3.05, 3.63) is 29.0 Å². The van der Waals surface area contributed by atoms with Crippen molar-refractivity contribution in [1.29, 1.82) is 0 Å². The Morgan fingerprint density at radius 3 is 3.00 bits per heavy atom. The highest BCUT2D eigenvalue weighted by Crippen LogP contribution is 2.25. The van der Waals surface area contributed by atoms with Gasteiger partial charge in [0.15, 0.2) is 0 Å². The van der Waals surface area contributed by atoms with Gasteiger partial charge in [-0.2, -0.15) is 0 Å². The molecule has 1 aromatic rings. The molecule has 15 heavy (non-hydrogen) atoms. The number of pyridine rings is 1. The average Bonchev–Trinajstić information content (AvgIpc) is 2.18. The fraction of sp³-hybridized carbons (Fsp3) is 0.455. The summed E-state index contributed by atoms with van der Waals surface area (Å²) in [7, 11) is 0. The minimum absolute atomic E-state index is 0.0551. The summed E-state index contributed by atoms with van der Waals surface area (Å²) < 4.78 is 4.88. The quantitative estimate of drug-likeness (QED) is 0.743. The van der Waals surface area contributed by atoms with E-state index in [1.54, 1.807) is 19.3 Å². The molecule has 1 heterocycles. The fourth-order valence-electron chi connectivity index (χ4n) is 1.37. The van der Waals surface area contributed by atoms with E-state index in [1.807, 2.05) is 13.0 Å². The zero-order chi connectivity index (χ0) is 11.3. The molecule has 0 saturated heterocycles. The number of halogens is 1. The van der Waals surface area contributed by atoms with Gasteiger partial charge in [-0.1, -0.05) is 18.5 Å². The van der Waals surface area contributed by atoms with Crippen molar-refractivity contribution in [2.75, 3.05) is 6.61 Å². The van der Waals surface area contributed by atoms with Crippen LogP contribution in [0.3, 0.4) is 0 Å². The largest absolute Gasteiger partial charge is 0.466 e. The second-order valence-electron chi connectivity index (χ2n) is 3.31. The number of carbonyl (C=O) groups excluding carboxylic acids is 1. The van der Waals surface area contributed by atoms with Crippen molar-refractivity contribution in [3.8, 4) is 0 Å². The van der Waals surface area contributed by atoms with E-state index < -0.39 is 0 Å². The molecular weight excluding hydrogens is 214 g/mol. The molecule has 0 radical (unpaired) electrons. The highest BCUT2D eigenvalue weighted by molar-refractivity contribution is 6.31. The molecule has 0 aliphatic carbocycles. The zero-order valence-electron chi connectivity index (χ0n) is 8.87. The molecule has 0 saturated carbocycles. The van der Waals surface area contributed by atoms with Crippen molar-refractivity contribution >= 4 is 17.6 Å². The van der Waals surface area contributed by atoms with Gasteiger partial charge in [-0.25, -0.2) is 0 Å². The number of carbonyl (C=O) groups is 1.